The van der Waals surface area contributed by atoms with Crippen molar-refractivity contribution in [1.82, 2.24) is 14.9 Å². The number of hydrogen-bond donors (Lipinski definition) is 2. The molecule has 0 fully saturated rings. The summed E-state index contributed by atoms with van der Waals surface area (Å²) < 4.78 is 2.03. The van der Waals surface area contributed by atoms with Crippen LogP contribution < -0.4 is 10.6 Å². The molecule has 25 heavy (non-hydrogen) atoms. The van der Waals surface area contributed by atoms with E-state index >= 15 is 0 Å². The molecule has 128 valence electrons. The highest BCUT2D eigenvalue weighted by atomic mass is 15.2. The SMILES string of the molecule is Cc1ccc(CN=C(NCCn2ccnc2)Nc2ccccc2)cc1. The summed E-state index contributed by atoms with van der Waals surface area (Å²) in [5.41, 5.74) is 3.46. The number of nitrogens with zero attached hydrogens (tertiary/aromatic N) is 3. The molecule has 2 N–H and O–H groups in total. The highest BCUT2D eigenvalue weighted by Gasteiger charge is 2.00. The van der Waals surface area contributed by atoms with Gasteiger partial charge in [0.2, 0.25) is 0 Å². The summed E-state index contributed by atoms with van der Waals surface area (Å²) >= 11 is 0. The number of aliphatic imine (C=N–C) groups is 1. The molecular weight excluding hydrogens is 310 g/mol. The van der Waals surface area contributed by atoms with E-state index in [0.29, 0.717) is 6.54 Å². The number of benzene rings is 2. The van der Waals surface area contributed by atoms with Crippen LogP contribution in [0.4, 0.5) is 5.69 Å². The molecule has 0 amide bonds. The Labute approximate surface area is 148 Å². The lowest BCUT2D eigenvalue weighted by molar-refractivity contribution is 0.671. The summed E-state index contributed by atoms with van der Waals surface area (Å²) in [7, 11) is 0. The first-order valence-corrected chi connectivity index (χ1v) is 8.41. The standard InChI is InChI=1S/C20H23N5/c1-17-7-9-18(10-8-17)15-23-20(24-19-5-3-2-4-6-19)22-12-14-25-13-11-21-16-25/h2-11,13,16H,12,14-15H2,1H3,(H2,22,23,24). The smallest absolute Gasteiger partial charge is 0.196 e. The van der Waals surface area contributed by atoms with Crippen LogP contribution >= 0.6 is 0 Å². The van der Waals surface area contributed by atoms with Crippen LogP contribution in [0, 0.1) is 6.92 Å². The summed E-state index contributed by atoms with van der Waals surface area (Å²) in [5, 5.41) is 6.73. The van der Waals surface area contributed by atoms with Crippen LogP contribution in [-0.2, 0) is 13.1 Å². The average Bonchev–Trinajstić information content (AvgIpc) is 3.15. The highest BCUT2D eigenvalue weighted by molar-refractivity contribution is 5.93. The van der Waals surface area contributed by atoms with E-state index in [1.807, 2.05) is 47.4 Å². The number of anilines is 1. The van der Waals surface area contributed by atoms with E-state index in [-0.39, 0.29) is 0 Å². The van der Waals surface area contributed by atoms with Crippen LogP contribution in [-0.4, -0.2) is 22.1 Å². The van der Waals surface area contributed by atoms with E-state index in [1.54, 1.807) is 6.20 Å². The predicted octanol–water partition coefficient (Wildman–Crippen LogP) is 3.45. The molecule has 1 aromatic heterocycles. The number of rotatable bonds is 6. The van der Waals surface area contributed by atoms with E-state index < -0.39 is 0 Å². The minimum Gasteiger partial charge on any atom is -0.354 e. The van der Waals surface area contributed by atoms with Crippen molar-refractivity contribution >= 4 is 11.6 Å². The molecule has 0 radical (unpaired) electrons. The van der Waals surface area contributed by atoms with Gasteiger partial charge in [0, 0.05) is 31.2 Å². The van der Waals surface area contributed by atoms with Crippen molar-refractivity contribution in [2.24, 2.45) is 4.99 Å². The van der Waals surface area contributed by atoms with Crippen molar-refractivity contribution < 1.29 is 0 Å². The first-order chi connectivity index (χ1) is 12.3. The monoisotopic (exact) mass is 333 g/mol. The van der Waals surface area contributed by atoms with Gasteiger partial charge in [0.25, 0.3) is 0 Å². The summed E-state index contributed by atoms with van der Waals surface area (Å²) in [4.78, 5) is 8.77. The lowest BCUT2D eigenvalue weighted by Gasteiger charge is -2.13. The third-order valence-electron chi connectivity index (χ3n) is 3.80. The first kappa shape index (κ1) is 16.8. The fourth-order valence-electron chi connectivity index (χ4n) is 2.38. The summed E-state index contributed by atoms with van der Waals surface area (Å²) in [6.07, 6.45) is 5.56. The molecule has 5 heteroatoms. The van der Waals surface area contributed by atoms with Crippen molar-refractivity contribution in [3.63, 3.8) is 0 Å². The predicted molar refractivity (Wildman–Crippen MR) is 103 cm³/mol. The zero-order chi connectivity index (χ0) is 17.3. The maximum absolute atomic E-state index is 4.71. The van der Waals surface area contributed by atoms with E-state index in [1.165, 1.54) is 11.1 Å². The maximum atomic E-state index is 4.71. The van der Waals surface area contributed by atoms with Gasteiger partial charge in [-0.3, -0.25) is 0 Å². The number of aryl methyl sites for hydroxylation is 1. The Morgan fingerprint density at radius 2 is 1.88 bits per heavy atom. The van der Waals surface area contributed by atoms with Gasteiger partial charge in [-0.15, -0.1) is 0 Å². The zero-order valence-electron chi connectivity index (χ0n) is 14.4. The molecule has 0 aliphatic heterocycles. The number of nitrogens with one attached hydrogen (secondary N) is 2. The second-order valence-corrected chi connectivity index (χ2v) is 5.87. The lowest BCUT2D eigenvalue weighted by atomic mass is 10.1. The molecule has 0 aliphatic carbocycles. The van der Waals surface area contributed by atoms with Gasteiger partial charge in [-0.2, -0.15) is 0 Å². The quantitative estimate of drug-likeness (QED) is 0.537. The highest BCUT2D eigenvalue weighted by Crippen LogP contribution is 2.07. The Morgan fingerprint density at radius 3 is 2.60 bits per heavy atom. The van der Waals surface area contributed by atoms with E-state index in [4.69, 9.17) is 4.99 Å². The van der Waals surface area contributed by atoms with Crippen molar-refractivity contribution in [3.05, 3.63) is 84.4 Å². The van der Waals surface area contributed by atoms with Gasteiger partial charge < -0.3 is 15.2 Å². The van der Waals surface area contributed by atoms with Crippen molar-refractivity contribution in [2.45, 2.75) is 20.0 Å². The van der Waals surface area contributed by atoms with Gasteiger partial charge in [-0.1, -0.05) is 48.0 Å². The number of aromatic nitrogens is 2. The number of para-hydroxylation sites is 1. The Hall–Kier alpha value is -3.08. The van der Waals surface area contributed by atoms with Gasteiger partial charge in [0.15, 0.2) is 5.96 Å². The average molecular weight is 333 g/mol. The normalized spacial score (nSPS) is 11.3. The maximum Gasteiger partial charge on any atom is 0.196 e. The second-order valence-electron chi connectivity index (χ2n) is 5.87. The minimum absolute atomic E-state index is 0.632. The molecule has 0 spiro atoms. The van der Waals surface area contributed by atoms with E-state index in [0.717, 1.165) is 24.7 Å². The van der Waals surface area contributed by atoms with Crippen LogP contribution in [0.25, 0.3) is 0 Å². The number of imidazole rings is 1. The summed E-state index contributed by atoms with van der Waals surface area (Å²) in [5.74, 6) is 0.770. The van der Waals surface area contributed by atoms with Crippen molar-refractivity contribution in [2.75, 3.05) is 11.9 Å². The van der Waals surface area contributed by atoms with Crippen LogP contribution in [0.3, 0.4) is 0 Å². The molecule has 5 nitrogen and oxygen atoms in total. The molecule has 0 unspecified atom stereocenters. The van der Waals surface area contributed by atoms with Crippen molar-refractivity contribution in [3.8, 4) is 0 Å². The second kappa shape index (κ2) is 8.68. The Bertz CT molecular complexity index is 777. The molecule has 2 aromatic carbocycles. The van der Waals surface area contributed by atoms with Crippen LogP contribution in [0.5, 0.6) is 0 Å². The van der Waals surface area contributed by atoms with Crippen molar-refractivity contribution in [1.29, 1.82) is 0 Å². The van der Waals surface area contributed by atoms with Crippen LogP contribution in [0.2, 0.25) is 0 Å². The zero-order valence-corrected chi connectivity index (χ0v) is 14.4. The van der Waals surface area contributed by atoms with E-state index in [9.17, 15) is 0 Å². The van der Waals surface area contributed by atoms with Crippen LogP contribution in [0.1, 0.15) is 11.1 Å². The number of hydrogen-bond acceptors (Lipinski definition) is 2. The largest absolute Gasteiger partial charge is 0.354 e. The van der Waals surface area contributed by atoms with Gasteiger partial charge in [0.1, 0.15) is 0 Å². The Morgan fingerprint density at radius 1 is 1.08 bits per heavy atom. The molecule has 0 bridgehead atoms. The summed E-state index contributed by atoms with van der Waals surface area (Å²) in [6, 6.07) is 18.5. The van der Waals surface area contributed by atoms with E-state index in [2.05, 4.69) is 46.8 Å². The molecule has 0 atom stereocenters. The molecule has 3 rings (SSSR count). The fourth-order valence-corrected chi connectivity index (χ4v) is 2.38. The lowest BCUT2D eigenvalue weighted by Crippen LogP contribution is -2.33. The molecule has 0 aliphatic rings. The Balaban J connectivity index is 1.64. The van der Waals surface area contributed by atoms with Gasteiger partial charge in [-0.25, -0.2) is 9.98 Å². The third-order valence-corrected chi connectivity index (χ3v) is 3.80. The molecule has 3 aromatic rings. The summed E-state index contributed by atoms with van der Waals surface area (Å²) in [6.45, 7) is 4.32. The molecule has 0 saturated carbocycles. The first-order valence-electron chi connectivity index (χ1n) is 8.41. The van der Waals surface area contributed by atoms with Gasteiger partial charge >= 0.3 is 0 Å². The van der Waals surface area contributed by atoms with Crippen LogP contribution in [0.15, 0.2) is 78.3 Å². The Kier molecular flexibility index (Phi) is 5.82. The molecule has 1 heterocycles. The fraction of sp³-hybridized carbons (Fsp3) is 0.200. The topological polar surface area (TPSA) is 54.2 Å². The molecular formula is C20H23N5. The minimum atomic E-state index is 0.632. The molecule has 0 saturated heterocycles. The van der Waals surface area contributed by atoms with Gasteiger partial charge in [0.05, 0.1) is 12.9 Å². The number of guanidine groups is 1. The van der Waals surface area contributed by atoms with Gasteiger partial charge in [-0.05, 0) is 24.6 Å². The third kappa shape index (κ3) is 5.49.